The summed E-state index contributed by atoms with van der Waals surface area (Å²) in [7, 11) is 1.47. The van der Waals surface area contributed by atoms with Crippen LogP contribution in [0.4, 0.5) is 0 Å². The van der Waals surface area contributed by atoms with Gasteiger partial charge in [0.15, 0.2) is 11.3 Å². The summed E-state index contributed by atoms with van der Waals surface area (Å²) in [4.78, 5) is 24.3. The fourth-order valence-electron chi connectivity index (χ4n) is 2.49. The van der Waals surface area contributed by atoms with Gasteiger partial charge in [-0.1, -0.05) is 12.1 Å². The normalized spacial score (nSPS) is 12.1. The summed E-state index contributed by atoms with van der Waals surface area (Å²) in [5, 5.41) is 13.1. The van der Waals surface area contributed by atoms with Gasteiger partial charge in [0, 0.05) is 17.5 Å². The molecule has 0 bridgehead atoms. The molecule has 2 heterocycles. The zero-order valence-electron chi connectivity index (χ0n) is 13.5. The third-order valence-corrected chi connectivity index (χ3v) is 3.82. The van der Waals surface area contributed by atoms with E-state index in [0.717, 1.165) is 0 Å². The maximum Gasteiger partial charge on any atom is 0.349 e. The minimum absolute atomic E-state index is 0.0986. The molecule has 0 fully saturated rings. The van der Waals surface area contributed by atoms with Crippen molar-refractivity contribution in [1.82, 2.24) is 5.32 Å². The lowest BCUT2D eigenvalue weighted by Gasteiger charge is -2.09. The predicted octanol–water partition coefficient (Wildman–Crippen LogP) is 2.25. The van der Waals surface area contributed by atoms with Crippen molar-refractivity contribution in [3.63, 3.8) is 0 Å². The smallest absolute Gasteiger partial charge is 0.349 e. The summed E-state index contributed by atoms with van der Waals surface area (Å²) < 4.78 is 15.3. The molecule has 0 saturated carbocycles. The monoisotopic (exact) mass is 343 g/mol. The van der Waals surface area contributed by atoms with Gasteiger partial charge < -0.3 is 24.0 Å². The van der Waals surface area contributed by atoms with Crippen molar-refractivity contribution in [3.8, 4) is 5.75 Å². The highest BCUT2D eigenvalue weighted by Crippen LogP contribution is 2.24. The first-order chi connectivity index (χ1) is 12.1. The number of nitrogens with one attached hydrogen (secondary N) is 1. The van der Waals surface area contributed by atoms with Gasteiger partial charge in [-0.2, -0.15) is 0 Å². The maximum atomic E-state index is 12.2. The number of ether oxygens (including phenoxy) is 1. The van der Waals surface area contributed by atoms with Crippen molar-refractivity contribution in [1.29, 1.82) is 0 Å². The van der Waals surface area contributed by atoms with Crippen LogP contribution >= 0.6 is 0 Å². The molecule has 130 valence electrons. The largest absolute Gasteiger partial charge is 0.493 e. The lowest BCUT2D eigenvalue weighted by atomic mass is 10.1. The van der Waals surface area contributed by atoms with Crippen molar-refractivity contribution in [2.75, 3.05) is 13.7 Å². The minimum atomic E-state index is -0.753. The molecule has 2 aromatic heterocycles. The molecule has 0 radical (unpaired) electrons. The van der Waals surface area contributed by atoms with Gasteiger partial charge in [0.25, 0.3) is 5.91 Å². The molecule has 0 aliphatic carbocycles. The van der Waals surface area contributed by atoms with E-state index in [-0.39, 0.29) is 18.5 Å². The van der Waals surface area contributed by atoms with Crippen LogP contribution in [0.5, 0.6) is 5.75 Å². The Kier molecular flexibility index (Phi) is 4.85. The number of carbonyl (C=O) groups excluding carboxylic acids is 1. The number of methoxy groups -OCH3 is 1. The van der Waals surface area contributed by atoms with Crippen LogP contribution in [0.2, 0.25) is 0 Å². The Bertz CT molecular complexity index is 928. The van der Waals surface area contributed by atoms with E-state index < -0.39 is 17.6 Å². The lowest BCUT2D eigenvalue weighted by molar-refractivity contribution is 0.0939. The summed E-state index contributed by atoms with van der Waals surface area (Å²) in [6, 6.07) is 8.25. The van der Waals surface area contributed by atoms with Crippen molar-refractivity contribution in [2.24, 2.45) is 0 Å². The fourth-order valence-corrected chi connectivity index (χ4v) is 2.49. The van der Waals surface area contributed by atoms with Gasteiger partial charge in [-0.15, -0.1) is 0 Å². The van der Waals surface area contributed by atoms with Gasteiger partial charge in [0.1, 0.15) is 5.56 Å². The summed E-state index contributed by atoms with van der Waals surface area (Å²) in [6.07, 6.45) is 2.44. The summed E-state index contributed by atoms with van der Waals surface area (Å²) in [5.41, 5.74) is 0.0805. The highest BCUT2D eigenvalue weighted by atomic mass is 16.5. The third-order valence-electron chi connectivity index (χ3n) is 3.82. The minimum Gasteiger partial charge on any atom is -0.493 e. The first-order valence-electron chi connectivity index (χ1n) is 7.69. The van der Waals surface area contributed by atoms with Crippen LogP contribution in [0.15, 0.2) is 56.5 Å². The molecule has 7 heteroatoms. The summed E-state index contributed by atoms with van der Waals surface area (Å²) >= 11 is 0. The van der Waals surface area contributed by atoms with E-state index in [1.165, 1.54) is 25.7 Å². The van der Waals surface area contributed by atoms with E-state index >= 15 is 0 Å². The quantitative estimate of drug-likeness (QED) is 0.666. The van der Waals surface area contributed by atoms with Gasteiger partial charge in [-0.25, -0.2) is 4.79 Å². The van der Waals surface area contributed by atoms with Gasteiger partial charge in [-0.3, -0.25) is 4.79 Å². The van der Waals surface area contributed by atoms with Crippen LogP contribution in [-0.4, -0.2) is 24.7 Å². The molecule has 0 saturated heterocycles. The average Bonchev–Trinajstić information content (AvgIpc) is 3.15. The van der Waals surface area contributed by atoms with E-state index in [0.29, 0.717) is 22.3 Å². The Morgan fingerprint density at radius 1 is 1.36 bits per heavy atom. The Hall–Kier alpha value is -3.06. The lowest BCUT2D eigenvalue weighted by Crippen LogP contribution is -2.29. The molecule has 0 aliphatic heterocycles. The van der Waals surface area contributed by atoms with E-state index in [1.54, 1.807) is 24.3 Å². The number of benzene rings is 1. The van der Waals surface area contributed by atoms with E-state index in [1.807, 2.05) is 0 Å². The van der Waals surface area contributed by atoms with Gasteiger partial charge in [0.2, 0.25) is 0 Å². The average molecular weight is 343 g/mol. The zero-order chi connectivity index (χ0) is 17.8. The standard InChI is InChI=1S/C18H17NO6/c1-23-15-4-2-3-11-9-13(18(22)25-16(11)15)17(21)19-7-5-14(20)12-6-8-24-10-12/h2-4,6,8-10,14,20H,5,7H2,1H3,(H,19,21)/t14-/m1/s1. The van der Waals surface area contributed by atoms with Gasteiger partial charge in [0.05, 0.1) is 25.7 Å². The van der Waals surface area contributed by atoms with E-state index in [9.17, 15) is 14.7 Å². The van der Waals surface area contributed by atoms with Crippen molar-refractivity contribution in [2.45, 2.75) is 12.5 Å². The molecular weight excluding hydrogens is 326 g/mol. The van der Waals surface area contributed by atoms with Gasteiger partial charge >= 0.3 is 5.63 Å². The number of hydrogen-bond donors (Lipinski definition) is 2. The number of fused-ring (bicyclic) bond motifs is 1. The number of hydrogen-bond acceptors (Lipinski definition) is 6. The second kappa shape index (κ2) is 7.23. The molecule has 2 N–H and O–H groups in total. The molecule has 3 rings (SSSR count). The molecule has 0 unspecified atom stereocenters. The predicted molar refractivity (Wildman–Crippen MR) is 89.7 cm³/mol. The molecule has 3 aromatic rings. The molecule has 1 atom stereocenters. The second-order valence-corrected chi connectivity index (χ2v) is 5.44. The van der Waals surface area contributed by atoms with Crippen molar-refractivity contribution in [3.05, 3.63) is 64.4 Å². The highest BCUT2D eigenvalue weighted by molar-refractivity contribution is 5.97. The molecule has 0 aliphatic rings. The fraction of sp³-hybridized carbons (Fsp3) is 0.222. The van der Waals surface area contributed by atoms with Crippen LogP contribution in [-0.2, 0) is 0 Å². The number of aliphatic hydroxyl groups excluding tert-OH is 1. The number of para-hydroxylation sites is 1. The SMILES string of the molecule is COc1cccc2cc(C(=O)NCC[C@@H](O)c3ccoc3)c(=O)oc12. The van der Waals surface area contributed by atoms with Crippen molar-refractivity contribution < 1.29 is 23.5 Å². The third kappa shape index (κ3) is 3.56. The number of furan rings is 1. The van der Waals surface area contributed by atoms with Crippen molar-refractivity contribution >= 4 is 16.9 Å². The molecule has 1 amide bonds. The molecule has 1 aromatic carbocycles. The Morgan fingerprint density at radius 2 is 2.20 bits per heavy atom. The summed E-state index contributed by atoms with van der Waals surface area (Å²) in [5.74, 6) is -0.136. The van der Waals surface area contributed by atoms with Crippen LogP contribution in [0, 0.1) is 0 Å². The number of rotatable bonds is 6. The first kappa shape index (κ1) is 16.8. The Labute approximate surface area is 142 Å². The molecule has 0 spiro atoms. The molecule has 7 nitrogen and oxygen atoms in total. The zero-order valence-corrected chi connectivity index (χ0v) is 13.5. The number of carbonyl (C=O) groups is 1. The van der Waals surface area contributed by atoms with E-state index in [4.69, 9.17) is 13.6 Å². The van der Waals surface area contributed by atoms with E-state index in [2.05, 4.69) is 5.32 Å². The number of aliphatic hydroxyl groups is 1. The molecule has 25 heavy (non-hydrogen) atoms. The van der Waals surface area contributed by atoms with Crippen LogP contribution in [0.3, 0.4) is 0 Å². The second-order valence-electron chi connectivity index (χ2n) is 5.44. The maximum absolute atomic E-state index is 12.2. The Balaban J connectivity index is 1.72. The molecular formula is C18H17NO6. The van der Waals surface area contributed by atoms with Crippen LogP contribution in [0.25, 0.3) is 11.0 Å². The highest BCUT2D eigenvalue weighted by Gasteiger charge is 2.16. The first-order valence-corrected chi connectivity index (χ1v) is 7.69. The van der Waals surface area contributed by atoms with Crippen LogP contribution < -0.4 is 15.7 Å². The Morgan fingerprint density at radius 3 is 2.92 bits per heavy atom. The van der Waals surface area contributed by atoms with Gasteiger partial charge in [-0.05, 0) is 24.6 Å². The summed E-state index contributed by atoms with van der Waals surface area (Å²) in [6.45, 7) is 0.195. The topological polar surface area (TPSA) is 102 Å². The van der Waals surface area contributed by atoms with Crippen LogP contribution in [0.1, 0.15) is 28.4 Å². The number of amides is 1.